The van der Waals surface area contributed by atoms with Gasteiger partial charge in [0.2, 0.25) is 0 Å². The van der Waals surface area contributed by atoms with Crippen LogP contribution in [-0.4, -0.2) is 0 Å². The molecule has 0 saturated heterocycles. The molecule has 0 aromatic heterocycles. The van der Waals surface area contributed by atoms with Gasteiger partial charge in [0.1, 0.15) is 0 Å². The van der Waals surface area contributed by atoms with Crippen LogP contribution in [0.15, 0.2) is 12.1 Å². The summed E-state index contributed by atoms with van der Waals surface area (Å²) < 4.78 is 0. The van der Waals surface area contributed by atoms with E-state index in [-0.39, 0.29) is 5.02 Å². The second-order valence-corrected chi connectivity index (χ2v) is 6.09. The summed E-state index contributed by atoms with van der Waals surface area (Å²) in [5.41, 5.74) is 1.24. The average molecular weight is 359 g/mol. The molecule has 2 aromatic rings. The van der Waals surface area contributed by atoms with Gasteiger partial charge in [-0.05, 0) is 6.07 Å². The maximum Gasteiger partial charge on any atom is 0.0791 e. The van der Waals surface area contributed by atoms with Gasteiger partial charge in [-0.1, -0.05) is 75.7 Å². The standard InChI is InChI=1S/C12H2Cl6/c13-4-2-1-3-5-6(4)9(15)10(16)7(5)11(17)12(18)8(3)14/h1-2H. The Morgan fingerprint density at radius 3 is 1.89 bits per heavy atom. The van der Waals surface area contributed by atoms with Crippen molar-refractivity contribution in [3.63, 3.8) is 0 Å². The first-order valence-electron chi connectivity index (χ1n) is 4.79. The number of hydrogen-bond donors (Lipinski definition) is 0. The van der Waals surface area contributed by atoms with E-state index in [1.54, 1.807) is 12.1 Å². The summed E-state index contributed by atoms with van der Waals surface area (Å²) in [4.78, 5) is 0. The van der Waals surface area contributed by atoms with Crippen molar-refractivity contribution >= 4 is 90.4 Å². The second kappa shape index (κ2) is 4.34. The van der Waals surface area contributed by atoms with Crippen molar-refractivity contribution in [2.45, 2.75) is 0 Å². The van der Waals surface area contributed by atoms with Crippen LogP contribution in [0.3, 0.4) is 0 Å². The fourth-order valence-electron chi connectivity index (χ4n) is 2.09. The number of halogens is 6. The Morgan fingerprint density at radius 1 is 0.611 bits per heavy atom. The van der Waals surface area contributed by atoms with Crippen LogP contribution in [0.5, 0.6) is 0 Å². The highest BCUT2D eigenvalue weighted by Crippen LogP contribution is 2.54. The summed E-state index contributed by atoms with van der Waals surface area (Å²) in [5.74, 6) is 0. The lowest BCUT2D eigenvalue weighted by molar-refractivity contribution is 1.70. The summed E-state index contributed by atoms with van der Waals surface area (Å²) in [5, 5.41) is 3.60. The predicted octanol–water partition coefficient (Wildman–Crippen LogP) is 7.07. The Kier molecular flexibility index (Phi) is 3.18. The van der Waals surface area contributed by atoms with Crippen molar-refractivity contribution in [1.29, 1.82) is 0 Å². The van der Waals surface area contributed by atoms with Gasteiger partial charge >= 0.3 is 0 Å². The van der Waals surface area contributed by atoms with Gasteiger partial charge in [-0.3, -0.25) is 0 Å². The van der Waals surface area contributed by atoms with Crippen LogP contribution in [-0.2, 0) is 0 Å². The van der Waals surface area contributed by atoms with E-state index in [4.69, 9.17) is 69.6 Å². The summed E-state index contributed by atoms with van der Waals surface area (Å²) in [7, 11) is 0. The Balaban J connectivity index is 2.67. The second-order valence-electron chi connectivity index (χ2n) is 3.79. The molecular formula is C12H2Cl6. The molecule has 0 atom stereocenters. The SMILES string of the molecule is ClC1=C(Cl)c2c(Cl)c(Cl)c(Cl)c3ccc(Cl)c1c23. The van der Waals surface area contributed by atoms with Crippen molar-refractivity contribution in [2.24, 2.45) is 0 Å². The van der Waals surface area contributed by atoms with Crippen molar-refractivity contribution in [1.82, 2.24) is 0 Å². The Bertz CT molecular complexity index is 744. The monoisotopic (exact) mass is 356 g/mol. The van der Waals surface area contributed by atoms with E-state index in [0.717, 1.165) is 10.8 Å². The molecule has 2 aromatic carbocycles. The fourth-order valence-corrected chi connectivity index (χ4v) is 3.80. The summed E-state index contributed by atoms with van der Waals surface area (Å²) >= 11 is 37.0. The molecule has 0 unspecified atom stereocenters. The third-order valence-corrected chi connectivity index (χ3v) is 5.39. The summed E-state index contributed by atoms with van der Waals surface area (Å²) in [6.45, 7) is 0. The van der Waals surface area contributed by atoms with Crippen LogP contribution in [0.2, 0.25) is 20.1 Å². The van der Waals surface area contributed by atoms with Crippen LogP contribution in [0.1, 0.15) is 11.1 Å². The maximum absolute atomic E-state index is 6.20. The molecule has 0 radical (unpaired) electrons. The lowest BCUT2D eigenvalue weighted by atomic mass is 10.0. The Morgan fingerprint density at radius 2 is 1.22 bits per heavy atom. The van der Waals surface area contributed by atoms with E-state index in [9.17, 15) is 0 Å². The lowest BCUT2D eigenvalue weighted by Crippen LogP contribution is -1.86. The minimum Gasteiger partial charge on any atom is -0.0836 e. The minimum absolute atomic E-state index is 0.263. The summed E-state index contributed by atoms with van der Waals surface area (Å²) in [6.07, 6.45) is 0. The lowest BCUT2D eigenvalue weighted by Gasteiger charge is -2.10. The molecule has 0 nitrogen and oxygen atoms in total. The largest absolute Gasteiger partial charge is 0.0836 e. The Hall–Kier alpha value is 0.180. The van der Waals surface area contributed by atoms with E-state index in [1.807, 2.05) is 0 Å². The molecule has 0 fully saturated rings. The van der Waals surface area contributed by atoms with E-state index in [1.165, 1.54) is 0 Å². The van der Waals surface area contributed by atoms with Crippen molar-refractivity contribution in [3.8, 4) is 0 Å². The zero-order valence-electron chi connectivity index (χ0n) is 8.42. The van der Waals surface area contributed by atoms with Gasteiger partial charge in [-0.25, -0.2) is 0 Å². The van der Waals surface area contributed by atoms with Gasteiger partial charge in [0, 0.05) is 21.9 Å². The zero-order valence-corrected chi connectivity index (χ0v) is 13.0. The predicted molar refractivity (Wildman–Crippen MR) is 82.5 cm³/mol. The topological polar surface area (TPSA) is 0 Å². The molecule has 6 heteroatoms. The fraction of sp³-hybridized carbons (Fsp3) is 0. The Labute approximate surface area is 133 Å². The van der Waals surface area contributed by atoms with Gasteiger partial charge in [0.25, 0.3) is 0 Å². The van der Waals surface area contributed by atoms with Crippen molar-refractivity contribution in [2.75, 3.05) is 0 Å². The zero-order chi connectivity index (χ0) is 13.2. The molecule has 3 rings (SSSR count). The number of hydrogen-bond acceptors (Lipinski definition) is 0. The van der Waals surface area contributed by atoms with E-state index in [0.29, 0.717) is 36.3 Å². The third kappa shape index (κ3) is 1.54. The molecule has 0 aliphatic heterocycles. The van der Waals surface area contributed by atoms with Crippen molar-refractivity contribution in [3.05, 3.63) is 43.4 Å². The molecule has 0 heterocycles. The quantitative estimate of drug-likeness (QED) is 0.442. The maximum atomic E-state index is 6.20. The molecule has 1 aliphatic carbocycles. The molecule has 0 N–H and O–H groups in total. The van der Waals surface area contributed by atoms with E-state index >= 15 is 0 Å². The molecule has 18 heavy (non-hydrogen) atoms. The molecule has 0 spiro atoms. The smallest absolute Gasteiger partial charge is 0.0791 e. The first-order valence-corrected chi connectivity index (χ1v) is 7.06. The van der Waals surface area contributed by atoms with Gasteiger partial charge in [0.15, 0.2) is 0 Å². The molecule has 0 saturated carbocycles. The highest BCUT2D eigenvalue weighted by atomic mass is 35.5. The highest BCUT2D eigenvalue weighted by molar-refractivity contribution is 6.70. The highest BCUT2D eigenvalue weighted by Gasteiger charge is 2.29. The normalized spacial score (nSPS) is 13.9. The third-order valence-electron chi connectivity index (χ3n) is 2.88. The van der Waals surface area contributed by atoms with Crippen LogP contribution >= 0.6 is 69.6 Å². The minimum atomic E-state index is 0.263. The first-order chi connectivity index (χ1) is 8.45. The number of benzene rings is 2. The first kappa shape index (κ1) is 13.2. The molecular weight excluding hydrogens is 357 g/mol. The average Bonchev–Trinajstić information content (AvgIpc) is 2.60. The van der Waals surface area contributed by atoms with E-state index in [2.05, 4.69) is 0 Å². The van der Waals surface area contributed by atoms with Crippen LogP contribution in [0.25, 0.3) is 20.8 Å². The van der Waals surface area contributed by atoms with E-state index < -0.39 is 0 Å². The van der Waals surface area contributed by atoms with Crippen LogP contribution in [0.4, 0.5) is 0 Å². The molecule has 1 aliphatic rings. The number of rotatable bonds is 0. The summed E-state index contributed by atoms with van der Waals surface area (Å²) in [6, 6.07) is 3.48. The molecule has 0 amide bonds. The molecule has 92 valence electrons. The van der Waals surface area contributed by atoms with Crippen LogP contribution < -0.4 is 0 Å². The van der Waals surface area contributed by atoms with Gasteiger partial charge < -0.3 is 0 Å². The van der Waals surface area contributed by atoms with Gasteiger partial charge in [-0.2, -0.15) is 0 Å². The molecule has 0 bridgehead atoms. The van der Waals surface area contributed by atoms with Gasteiger partial charge in [-0.15, -0.1) is 0 Å². The van der Waals surface area contributed by atoms with Gasteiger partial charge in [0.05, 0.1) is 30.2 Å². The van der Waals surface area contributed by atoms with Crippen LogP contribution in [0, 0.1) is 0 Å². The van der Waals surface area contributed by atoms with Crippen molar-refractivity contribution < 1.29 is 0 Å².